The standard InChI is InChI=1S/C17H34N2/c1-5-19(13-14-9-8-12-18-14)16-11-7-6-10-15(16)17(2,3)4/h14-16,18H,5-13H2,1-4H3. The van der Waals surface area contributed by atoms with Gasteiger partial charge in [0.05, 0.1) is 0 Å². The quantitative estimate of drug-likeness (QED) is 0.835. The third-order valence-corrected chi connectivity index (χ3v) is 5.33. The van der Waals surface area contributed by atoms with Gasteiger partial charge in [-0.3, -0.25) is 4.90 Å². The van der Waals surface area contributed by atoms with E-state index in [1.54, 1.807) is 0 Å². The lowest BCUT2D eigenvalue weighted by atomic mass is 9.69. The van der Waals surface area contributed by atoms with E-state index >= 15 is 0 Å². The minimum absolute atomic E-state index is 0.460. The maximum atomic E-state index is 3.67. The summed E-state index contributed by atoms with van der Waals surface area (Å²) in [7, 11) is 0. The highest BCUT2D eigenvalue weighted by atomic mass is 15.2. The monoisotopic (exact) mass is 266 g/mol. The summed E-state index contributed by atoms with van der Waals surface area (Å²) in [6.45, 7) is 13.4. The summed E-state index contributed by atoms with van der Waals surface area (Å²) in [5.74, 6) is 0.877. The largest absolute Gasteiger partial charge is 0.313 e. The maximum absolute atomic E-state index is 3.67. The van der Waals surface area contributed by atoms with Crippen molar-refractivity contribution >= 4 is 0 Å². The van der Waals surface area contributed by atoms with Crippen molar-refractivity contribution in [2.75, 3.05) is 19.6 Å². The Morgan fingerprint density at radius 3 is 2.37 bits per heavy atom. The molecule has 1 saturated heterocycles. The highest BCUT2D eigenvalue weighted by Gasteiger charge is 2.37. The van der Waals surface area contributed by atoms with Crippen LogP contribution in [0.3, 0.4) is 0 Å². The Kier molecular flexibility index (Phi) is 5.30. The zero-order valence-corrected chi connectivity index (χ0v) is 13.5. The first kappa shape index (κ1) is 15.3. The molecular formula is C17H34N2. The SMILES string of the molecule is CCN(CC1CCCN1)C1CCCCC1C(C)(C)C. The van der Waals surface area contributed by atoms with Crippen LogP contribution in [0.25, 0.3) is 0 Å². The Morgan fingerprint density at radius 2 is 1.79 bits per heavy atom. The molecule has 1 saturated carbocycles. The molecule has 0 spiro atoms. The molecule has 0 bridgehead atoms. The lowest BCUT2D eigenvalue weighted by Gasteiger charge is -2.46. The molecule has 3 atom stereocenters. The van der Waals surface area contributed by atoms with Crippen LogP contribution in [0.2, 0.25) is 0 Å². The Hall–Kier alpha value is -0.0800. The fourth-order valence-corrected chi connectivity index (χ4v) is 4.25. The zero-order valence-electron chi connectivity index (χ0n) is 13.5. The first-order valence-electron chi connectivity index (χ1n) is 8.49. The van der Waals surface area contributed by atoms with Crippen LogP contribution in [-0.2, 0) is 0 Å². The molecule has 0 aromatic heterocycles. The second-order valence-corrected chi connectivity index (χ2v) is 7.71. The van der Waals surface area contributed by atoms with Gasteiger partial charge < -0.3 is 5.32 Å². The predicted octanol–water partition coefficient (Wildman–Crippen LogP) is 3.67. The fraction of sp³-hybridized carbons (Fsp3) is 1.00. The molecule has 0 radical (unpaired) electrons. The van der Waals surface area contributed by atoms with Crippen molar-refractivity contribution in [3.05, 3.63) is 0 Å². The van der Waals surface area contributed by atoms with Gasteiger partial charge in [-0.15, -0.1) is 0 Å². The van der Waals surface area contributed by atoms with E-state index in [0.29, 0.717) is 5.41 Å². The predicted molar refractivity (Wildman–Crippen MR) is 83.5 cm³/mol. The molecule has 2 rings (SSSR count). The van der Waals surface area contributed by atoms with Gasteiger partial charge in [0.2, 0.25) is 0 Å². The number of likely N-dealkylation sites (N-methyl/N-ethyl adjacent to an activating group) is 1. The molecule has 1 aliphatic carbocycles. The molecule has 0 amide bonds. The van der Waals surface area contributed by atoms with E-state index in [0.717, 1.165) is 18.0 Å². The summed E-state index contributed by atoms with van der Waals surface area (Å²) < 4.78 is 0. The molecule has 1 heterocycles. The summed E-state index contributed by atoms with van der Waals surface area (Å²) in [6.07, 6.45) is 8.48. The first-order chi connectivity index (χ1) is 9.02. The number of nitrogens with zero attached hydrogens (tertiary/aromatic N) is 1. The van der Waals surface area contributed by atoms with Gasteiger partial charge in [-0.05, 0) is 50.1 Å². The molecule has 2 heteroatoms. The van der Waals surface area contributed by atoms with E-state index in [4.69, 9.17) is 0 Å². The molecule has 2 nitrogen and oxygen atoms in total. The average Bonchev–Trinajstić information content (AvgIpc) is 2.88. The molecule has 0 aromatic rings. The molecule has 3 unspecified atom stereocenters. The number of nitrogens with one attached hydrogen (secondary N) is 1. The number of hydrogen-bond donors (Lipinski definition) is 1. The van der Waals surface area contributed by atoms with Crippen molar-refractivity contribution in [2.24, 2.45) is 11.3 Å². The van der Waals surface area contributed by atoms with Crippen LogP contribution in [-0.4, -0.2) is 36.6 Å². The Bertz CT molecular complexity index is 263. The lowest BCUT2D eigenvalue weighted by molar-refractivity contribution is 0.0399. The Balaban J connectivity index is 2.01. The molecule has 0 aromatic carbocycles. The molecule has 1 N–H and O–H groups in total. The van der Waals surface area contributed by atoms with Gasteiger partial charge in [-0.1, -0.05) is 40.5 Å². The summed E-state index contributed by atoms with van der Waals surface area (Å²) in [6, 6.07) is 1.57. The summed E-state index contributed by atoms with van der Waals surface area (Å²) in [4.78, 5) is 2.79. The van der Waals surface area contributed by atoms with Gasteiger partial charge in [0, 0.05) is 18.6 Å². The number of rotatable bonds is 4. The van der Waals surface area contributed by atoms with Crippen molar-refractivity contribution < 1.29 is 0 Å². The lowest BCUT2D eigenvalue weighted by Crippen LogP contribution is -2.50. The van der Waals surface area contributed by atoms with E-state index in [1.807, 2.05) is 0 Å². The van der Waals surface area contributed by atoms with E-state index < -0.39 is 0 Å². The normalized spacial score (nSPS) is 33.0. The fourth-order valence-electron chi connectivity index (χ4n) is 4.25. The second kappa shape index (κ2) is 6.58. The third kappa shape index (κ3) is 3.95. The molecule has 112 valence electrons. The van der Waals surface area contributed by atoms with Crippen LogP contribution in [0.5, 0.6) is 0 Å². The smallest absolute Gasteiger partial charge is 0.0195 e. The van der Waals surface area contributed by atoms with E-state index in [2.05, 4.69) is 37.9 Å². The first-order valence-corrected chi connectivity index (χ1v) is 8.49. The highest BCUT2D eigenvalue weighted by molar-refractivity contribution is 4.91. The van der Waals surface area contributed by atoms with Crippen LogP contribution >= 0.6 is 0 Å². The van der Waals surface area contributed by atoms with Crippen molar-refractivity contribution in [3.8, 4) is 0 Å². The highest BCUT2D eigenvalue weighted by Crippen LogP contribution is 2.40. The Labute approximate surface area is 120 Å². The van der Waals surface area contributed by atoms with Crippen LogP contribution in [0.15, 0.2) is 0 Å². The summed E-state index contributed by atoms with van der Waals surface area (Å²) in [5, 5.41) is 3.67. The topological polar surface area (TPSA) is 15.3 Å². The zero-order chi connectivity index (χ0) is 13.9. The van der Waals surface area contributed by atoms with E-state index in [9.17, 15) is 0 Å². The van der Waals surface area contributed by atoms with Gasteiger partial charge in [0.1, 0.15) is 0 Å². The summed E-state index contributed by atoms with van der Waals surface area (Å²) in [5.41, 5.74) is 0.460. The molecule has 2 fully saturated rings. The van der Waals surface area contributed by atoms with Crippen LogP contribution in [0, 0.1) is 11.3 Å². The molecule has 1 aliphatic heterocycles. The van der Waals surface area contributed by atoms with Gasteiger partial charge in [0.15, 0.2) is 0 Å². The van der Waals surface area contributed by atoms with Gasteiger partial charge in [0.25, 0.3) is 0 Å². The molecule has 19 heavy (non-hydrogen) atoms. The second-order valence-electron chi connectivity index (χ2n) is 7.71. The van der Waals surface area contributed by atoms with Crippen molar-refractivity contribution in [2.45, 2.75) is 78.3 Å². The van der Waals surface area contributed by atoms with Gasteiger partial charge in [-0.2, -0.15) is 0 Å². The van der Waals surface area contributed by atoms with Crippen LogP contribution in [0.1, 0.15) is 66.2 Å². The van der Waals surface area contributed by atoms with Crippen molar-refractivity contribution in [1.82, 2.24) is 10.2 Å². The number of hydrogen-bond acceptors (Lipinski definition) is 2. The molecule has 2 aliphatic rings. The van der Waals surface area contributed by atoms with Crippen LogP contribution < -0.4 is 5.32 Å². The summed E-state index contributed by atoms with van der Waals surface area (Å²) >= 11 is 0. The minimum Gasteiger partial charge on any atom is -0.313 e. The van der Waals surface area contributed by atoms with Crippen LogP contribution in [0.4, 0.5) is 0 Å². The maximum Gasteiger partial charge on any atom is 0.0195 e. The van der Waals surface area contributed by atoms with E-state index in [1.165, 1.54) is 58.2 Å². The average molecular weight is 266 g/mol. The van der Waals surface area contributed by atoms with Crippen molar-refractivity contribution in [1.29, 1.82) is 0 Å². The van der Waals surface area contributed by atoms with Crippen molar-refractivity contribution in [3.63, 3.8) is 0 Å². The Morgan fingerprint density at radius 1 is 1.05 bits per heavy atom. The van der Waals surface area contributed by atoms with E-state index in [-0.39, 0.29) is 0 Å². The van der Waals surface area contributed by atoms with Gasteiger partial charge >= 0.3 is 0 Å². The minimum atomic E-state index is 0.460. The molecular weight excluding hydrogens is 232 g/mol. The van der Waals surface area contributed by atoms with Gasteiger partial charge in [-0.25, -0.2) is 0 Å². The third-order valence-electron chi connectivity index (χ3n) is 5.33.